The average Bonchev–Trinajstić information content (AvgIpc) is 2.29. The highest BCUT2D eigenvalue weighted by Gasteiger charge is 2.08. The summed E-state index contributed by atoms with van der Waals surface area (Å²) in [6, 6.07) is 5.05. The molecule has 0 aliphatic heterocycles. The lowest BCUT2D eigenvalue weighted by atomic mass is 10.2. The first kappa shape index (κ1) is 13.5. The number of methoxy groups -OCH3 is 1. The molecule has 0 bridgehead atoms. The molecule has 0 aliphatic carbocycles. The molecule has 1 amide bonds. The van der Waals surface area contributed by atoms with Crippen molar-refractivity contribution in [3.63, 3.8) is 0 Å². The van der Waals surface area contributed by atoms with Gasteiger partial charge in [-0.3, -0.25) is 4.79 Å². The van der Waals surface area contributed by atoms with Crippen LogP contribution in [0.1, 0.15) is 17.3 Å². The van der Waals surface area contributed by atoms with Crippen LogP contribution in [0.2, 0.25) is 5.02 Å². The molecule has 0 saturated heterocycles. The van der Waals surface area contributed by atoms with E-state index >= 15 is 0 Å². The van der Waals surface area contributed by atoms with Crippen molar-refractivity contribution in [1.82, 2.24) is 5.32 Å². The van der Waals surface area contributed by atoms with Crippen LogP contribution in [-0.2, 0) is 4.74 Å². The summed E-state index contributed by atoms with van der Waals surface area (Å²) >= 11 is 9.11. The molecule has 0 aromatic heterocycles. The Morgan fingerprint density at radius 2 is 2.31 bits per heavy atom. The van der Waals surface area contributed by atoms with Gasteiger partial charge >= 0.3 is 0 Å². The highest BCUT2D eigenvalue weighted by Crippen LogP contribution is 2.23. The Hall–Kier alpha value is -0.580. The van der Waals surface area contributed by atoms with Crippen LogP contribution in [0.15, 0.2) is 22.7 Å². The molecule has 1 aromatic rings. The summed E-state index contributed by atoms with van der Waals surface area (Å²) in [6.07, 6.45) is -0.000286. The molecule has 1 atom stereocenters. The highest BCUT2D eigenvalue weighted by molar-refractivity contribution is 9.10. The van der Waals surface area contributed by atoms with Gasteiger partial charge < -0.3 is 10.1 Å². The summed E-state index contributed by atoms with van der Waals surface area (Å²) in [7, 11) is 1.61. The van der Waals surface area contributed by atoms with Crippen LogP contribution >= 0.6 is 27.5 Å². The third-order valence-electron chi connectivity index (χ3n) is 2.13. The SMILES string of the molecule is COC(C)CNC(=O)c1ccc(Cl)c(Br)c1. The van der Waals surface area contributed by atoms with Gasteiger partial charge in [-0.1, -0.05) is 11.6 Å². The molecule has 16 heavy (non-hydrogen) atoms. The highest BCUT2D eigenvalue weighted by atomic mass is 79.9. The van der Waals surface area contributed by atoms with Gasteiger partial charge in [0.05, 0.1) is 11.1 Å². The van der Waals surface area contributed by atoms with Gasteiger partial charge in [0.15, 0.2) is 0 Å². The normalized spacial score (nSPS) is 12.2. The summed E-state index contributed by atoms with van der Waals surface area (Å²) in [6.45, 7) is 2.37. The van der Waals surface area contributed by atoms with E-state index < -0.39 is 0 Å². The van der Waals surface area contributed by atoms with E-state index in [0.717, 1.165) is 0 Å². The number of amides is 1. The van der Waals surface area contributed by atoms with Crippen LogP contribution in [-0.4, -0.2) is 25.7 Å². The van der Waals surface area contributed by atoms with Crippen LogP contribution in [0, 0.1) is 0 Å². The van der Waals surface area contributed by atoms with Gasteiger partial charge in [-0.25, -0.2) is 0 Å². The van der Waals surface area contributed by atoms with E-state index in [2.05, 4.69) is 21.2 Å². The smallest absolute Gasteiger partial charge is 0.251 e. The molecular weight excluding hydrogens is 293 g/mol. The fraction of sp³-hybridized carbons (Fsp3) is 0.364. The van der Waals surface area contributed by atoms with Crippen LogP contribution in [0.25, 0.3) is 0 Å². The number of nitrogens with one attached hydrogen (secondary N) is 1. The van der Waals surface area contributed by atoms with Crippen molar-refractivity contribution in [2.24, 2.45) is 0 Å². The Kier molecular flexibility index (Phi) is 5.25. The van der Waals surface area contributed by atoms with Gasteiger partial charge in [-0.05, 0) is 41.1 Å². The Morgan fingerprint density at radius 3 is 2.88 bits per heavy atom. The van der Waals surface area contributed by atoms with Crippen molar-refractivity contribution in [3.8, 4) is 0 Å². The standard InChI is InChI=1S/C11H13BrClNO2/c1-7(16-2)6-14-11(15)8-3-4-10(13)9(12)5-8/h3-5,7H,6H2,1-2H3,(H,14,15). The number of carbonyl (C=O) groups is 1. The van der Waals surface area contributed by atoms with Crippen LogP contribution in [0.4, 0.5) is 0 Å². The Labute approximate surface area is 108 Å². The minimum atomic E-state index is -0.138. The number of hydrogen-bond acceptors (Lipinski definition) is 2. The van der Waals surface area contributed by atoms with Crippen molar-refractivity contribution in [1.29, 1.82) is 0 Å². The van der Waals surface area contributed by atoms with Crippen molar-refractivity contribution in [2.45, 2.75) is 13.0 Å². The molecule has 0 fully saturated rings. The molecule has 0 spiro atoms. The van der Waals surface area contributed by atoms with E-state index in [1.54, 1.807) is 25.3 Å². The summed E-state index contributed by atoms with van der Waals surface area (Å²) in [5.74, 6) is -0.138. The summed E-state index contributed by atoms with van der Waals surface area (Å²) in [5, 5.41) is 3.35. The number of carbonyl (C=O) groups excluding carboxylic acids is 1. The first-order valence-corrected chi connectivity index (χ1v) is 5.97. The Bertz CT molecular complexity index is 384. The minimum Gasteiger partial charge on any atom is -0.380 e. The zero-order valence-electron chi connectivity index (χ0n) is 9.09. The fourth-order valence-corrected chi connectivity index (χ4v) is 1.56. The molecule has 0 heterocycles. The maximum atomic E-state index is 11.7. The summed E-state index contributed by atoms with van der Waals surface area (Å²) in [4.78, 5) is 11.7. The number of rotatable bonds is 4. The first-order valence-electron chi connectivity index (χ1n) is 4.80. The van der Waals surface area contributed by atoms with E-state index in [0.29, 0.717) is 21.6 Å². The monoisotopic (exact) mass is 305 g/mol. The maximum Gasteiger partial charge on any atom is 0.251 e. The van der Waals surface area contributed by atoms with E-state index in [9.17, 15) is 4.79 Å². The molecule has 5 heteroatoms. The largest absolute Gasteiger partial charge is 0.380 e. The fourth-order valence-electron chi connectivity index (χ4n) is 1.06. The predicted octanol–water partition coefficient (Wildman–Crippen LogP) is 2.87. The molecule has 3 nitrogen and oxygen atoms in total. The van der Waals surface area contributed by atoms with Crippen molar-refractivity contribution in [3.05, 3.63) is 33.3 Å². The second-order valence-corrected chi connectivity index (χ2v) is 4.65. The third-order valence-corrected chi connectivity index (χ3v) is 3.35. The molecule has 1 aromatic carbocycles. The van der Waals surface area contributed by atoms with Crippen LogP contribution < -0.4 is 5.32 Å². The number of halogens is 2. The second-order valence-electron chi connectivity index (χ2n) is 3.39. The first-order chi connectivity index (χ1) is 7.54. The van der Waals surface area contributed by atoms with Gasteiger partial charge in [0, 0.05) is 23.7 Å². The van der Waals surface area contributed by atoms with E-state index in [1.165, 1.54) is 0 Å². The Balaban J connectivity index is 2.63. The minimum absolute atomic E-state index is 0.000286. The molecule has 0 radical (unpaired) electrons. The third kappa shape index (κ3) is 3.77. The van der Waals surface area contributed by atoms with E-state index in [-0.39, 0.29) is 12.0 Å². The molecule has 0 saturated carbocycles. The molecule has 1 unspecified atom stereocenters. The quantitative estimate of drug-likeness (QED) is 0.929. The Morgan fingerprint density at radius 1 is 1.62 bits per heavy atom. The predicted molar refractivity (Wildman–Crippen MR) is 68.0 cm³/mol. The van der Waals surface area contributed by atoms with Crippen molar-refractivity contribution >= 4 is 33.4 Å². The van der Waals surface area contributed by atoms with E-state index in [1.807, 2.05) is 6.92 Å². The molecule has 1 N–H and O–H groups in total. The van der Waals surface area contributed by atoms with Crippen LogP contribution in [0.3, 0.4) is 0 Å². The molecule has 88 valence electrons. The average molecular weight is 307 g/mol. The number of hydrogen-bond donors (Lipinski definition) is 1. The van der Waals surface area contributed by atoms with Gasteiger partial charge in [0.2, 0.25) is 0 Å². The lowest BCUT2D eigenvalue weighted by Gasteiger charge is -2.11. The van der Waals surface area contributed by atoms with E-state index in [4.69, 9.17) is 16.3 Å². The van der Waals surface area contributed by atoms with Gasteiger partial charge in [0.25, 0.3) is 5.91 Å². The molecular formula is C11H13BrClNO2. The second kappa shape index (κ2) is 6.23. The maximum absolute atomic E-state index is 11.7. The lowest BCUT2D eigenvalue weighted by Crippen LogP contribution is -2.31. The van der Waals surface area contributed by atoms with Gasteiger partial charge in [-0.15, -0.1) is 0 Å². The lowest BCUT2D eigenvalue weighted by molar-refractivity contribution is 0.0870. The topological polar surface area (TPSA) is 38.3 Å². The summed E-state index contributed by atoms with van der Waals surface area (Å²) in [5.41, 5.74) is 0.569. The van der Waals surface area contributed by atoms with Crippen molar-refractivity contribution < 1.29 is 9.53 Å². The zero-order valence-corrected chi connectivity index (χ0v) is 11.4. The van der Waals surface area contributed by atoms with Crippen LogP contribution in [0.5, 0.6) is 0 Å². The number of benzene rings is 1. The zero-order chi connectivity index (χ0) is 12.1. The van der Waals surface area contributed by atoms with Crippen molar-refractivity contribution in [2.75, 3.05) is 13.7 Å². The van der Waals surface area contributed by atoms with Gasteiger partial charge in [-0.2, -0.15) is 0 Å². The van der Waals surface area contributed by atoms with Gasteiger partial charge in [0.1, 0.15) is 0 Å². The molecule has 0 aliphatic rings. The molecule has 1 rings (SSSR count). The number of ether oxygens (including phenoxy) is 1. The summed E-state index contributed by atoms with van der Waals surface area (Å²) < 4.78 is 5.74.